The Labute approximate surface area is 91.6 Å². The van der Waals surface area contributed by atoms with Crippen LogP contribution in [0, 0.1) is 11.3 Å². The first-order valence-corrected chi connectivity index (χ1v) is 4.62. The van der Waals surface area contributed by atoms with Gasteiger partial charge in [-0.25, -0.2) is 4.79 Å². The topological polar surface area (TPSA) is 124 Å². The van der Waals surface area contributed by atoms with E-state index >= 15 is 0 Å². The van der Waals surface area contributed by atoms with Gasteiger partial charge in [0, 0.05) is 12.3 Å². The molecule has 1 aliphatic carbocycles. The number of ketones is 1. The molecule has 0 aromatic rings. The lowest BCUT2D eigenvalue weighted by molar-refractivity contribution is -0.148. The highest BCUT2D eigenvalue weighted by molar-refractivity contribution is 6.33. The minimum absolute atomic E-state index is 0.0774. The van der Waals surface area contributed by atoms with Crippen molar-refractivity contribution in [2.45, 2.75) is 12.8 Å². The maximum Gasteiger partial charge on any atom is 0.372 e. The van der Waals surface area contributed by atoms with Crippen LogP contribution in [0.4, 0.5) is 0 Å². The van der Waals surface area contributed by atoms with E-state index in [-0.39, 0.29) is 29.5 Å². The Morgan fingerprint density at radius 1 is 1.56 bits per heavy atom. The summed E-state index contributed by atoms with van der Waals surface area (Å²) < 4.78 is 0. The Balaban J connectivity index is 2.73. The third-order valence-electron chi connectivity index (χ3n) is 2.30. The minimum atomic E-state index is -1.53. The summed E-state index contributed by atoms with van der Waals surface area (Å²) in [6, 6.07) is 0. The largest absolute Gasteiger partial charge is 0.508 e. The van der Waals surface area contributed by atoms with Crippen molar-refractivity contribution in [2.24, 2.45) is 11.7 Å². The Hall–Kier alpha value is -2.11. The van der Waals surface area contributed by atoms with Crippen molar-refractivity contribution in [3.05, 3.63) is 23.5 Å². The number of rotatable bonds is 4. The highest BCUT2D eigenvalue weighted by atomic mass is 16.4. The van der Waals surface area contributed by atoms with E-state index in [1.165, 1.54) is 12.2 Å². The molecule has 1 aliphatic rings. The number of carboxylic acids is 1. The summed E-state index contributed by atoms with van der Waals surface area (Å²) >= 11 is 0. The maximum atomic E-state index is 10.9. The molecule has 6 nitrogen and oxygen atoms in total. The number of aliphatic carboxylic acids is 1. The number of aliphatic hydroxyl groups excluding tert-OH is 1. The number of aliphatic hydroxyl groups is 1. The second kappa shape index (κ2) is 4.61. The van der Waals surface area contributed by atoms with E-state index in [4.69, 9.17) is 16.2 Å². The zero-order chi connectivity index (χ0) is 12.3. The predicted octanol–water partition coefficient (Wildman–Crippen LogP) is 0.354. The lowest BCUT2D eigenvalue weighted by Crippen LogP contribution is -2.23. The summed E-state index contributed by atoms with van der Waals surface area (Å²) in [6.07, 6.45) is 2.93. The summed E-state index contributed by atoms with van der Waals surface area (Å²) in [7, 11) is 0. The third kappa shape index (κ3) is 2.69. The van der Waals surface area contributed by atoms with Gasteiger partial charge in [-0.1, -0.05) is 6.08 Å². The minimum Gasteiger partial charge on any atom is -0.508 e. The van der Waals surface area contributed by atoms with Crippen LogP contribution >= 0.6 is 0 Å². The first kappa shape index (κ1) is 12.0. The van der Waals surface area contributed by atoms with Crippen molar-refractivity contribution >= 4 is 17.6 Å². The number of amidine groups is 1. The quantitative estimate of drug-likeness (QED) is 0.311. The number of nitrogens with two attached hydrogens (primary N) is 1. The molecule has 0 saturated heterocycles. The summed E-state index contributed by atoms with van der Waals surface area (Å²) in [4.78, 5) is 21.2. The zero-order valence-corrected chi connectivity index (χ0v) is 8.43. The highest BCUT2D eigenvalue weighted by Crippen LogP contribution is 2.23. The lowest BCUT2D eigenvalue weighted by atomic mass is 9.92. The van der Waals surface area contributed by atoms with Crippen LogP contribution in [0.5, 0.6) is 0 Å². The van der Waals surface area contributed by atoms with Gasteiger partial charge < -0.3 is 15.9 Å². The molecule has 86 valence electrons. The van der Waals surface area contributed by atoms with Crippen molar-refractivity contribution in [1.29, 1.82) is 5.41 Å². The molecule has 5 N–H and O–H groups in total. The van der Waals surface area contributed by atoms with E-state index in [0.717, 1.165) is 0 Å². The van der Waals surface area contributed by atoms with Gasteiger partial charge >= 0.3 is 5.97 Å². The predicted molar refractivity (Wildman–Crippen MR) is 56.1 cm³/mol. The van der Waals surface area contributed by atoms with Crippen molar-refractivity contribution in [3.63, 3.8) is 0 Å². The molecule has 0 fully saturated rings. The molecule has 6 heteroatoms. The van der Waals surface area contributed by atoms with Crippen LogP contribution in [0.2, 0.25) is 0 Å². The monoisotopic (exact) mass is 224 g/mol. The molecule has 0 amide bonds. The van der Waals surface area contributed by atoms with E-state index in [9.17, 15) is 14.7 Å². The molecule has 0 aromatic heterocycles. The zero-order valence-electron chi connectivity index (χ0n) is 8.43. The average Bonchev–Trinajstić information content (AvgIpc) is 2.20. The molecular weight excluding hydrogens is 212 g/mol. The van der Waals surface area contributed by atoms with Gasteiger partial charge in [0.05, 0.1) is 5.84 Å². The Morgan fingerprint density at radius 2 is 2.19 bits per heavy atom. The Kier molecular flexibility index (Phi) is 3.44. The second-order valence-electron chi connectivity index (χ2n) is 3.48. The van der Waals surface area contributed by atoms with E-state index in [2.05, 4.69) is 0 Å². The van der Waals surface area contributed by atoms with Crippen LogP contribution in [0.25, 0.3) is 0 Å². The summed E-state index contributed by atoms with van der Waals surface area (Å²) in [5, 5.41) is 25.1. The summed E-state index contributed by atoms with van der Waals surface area (Å²) in [5.41, 5.74) is 5.53. The van der Waals surface area contributed by atoms with Crippen molar-refractivity contribution in [1.82, 2.24) is 0 Å². The maximum absolute atomic E-state index is 10.9. The molecule has 1 atom stereocenters. The SMILES string of the molecule is N=C(N)C1C=C(O)C(CC(=O)C(=O)O)=CC1. The number of hydrogen-bond donors (Lipinski definition) is 4. The number of carbonyl (C=O) groups excluding carboxylic acids is 1. The highest BCUT2D eigenvalue weighted by Gasteiger charge is 2.21. The molecule has 0 radical (unpaired) electrons. The summed E-state index contributed by atoms with van der Waals surface area (Å²) in [5.74, 6) is -3.15. The van der Waals surface area contributed by atoms with Crippen LogP contribution in [0.3, 0.4) is 0 Å². The van der Waals surface area contributed by atoms with Crippen molar-refractivity contribution in [2.75, 3.05) is 0 Å². The molecule has 1 unspecified atom stereocenters. The van der Waals surface area contributed by atoms with E-state index in [1.54, 1.807) is 0 Å². The van der Waals surface area contributed by atoms with Gasteiger partial charge in [0.25, 0.3) is 0 Å². The Bertz CT molecular complexity index is 409. The molecule has 0 bridgehead atoms. The molecule has 0 saturated carbocycles. The van der Waals surface area contributed by atoms with Crippen LogP contribution in [0.1, 0.15) is 12.8 Å². The number of Topliss-reactive ketones (excluding diaryl/α,β-unsaturated/α-hetero) is 1. The smallest absolute Gasteiger partial charge is 0.372 e. The van der Waals surface area contributed by atoms with Gasteiger partial charge in [0.2, 0.25) is 5.78 Å². The van der Waals surface area contributed by atoms with Gasteiger partial charge in [0.1, 0.15) is 5.76 Å². The standard InChI is InChI=1S/C10H12N2O4/c11-9(12)6-2-1-5(7(13)4-6)3-8(14)10(15)16/h1,4,6,13H,2-3H2,(H3,11,12)(H,15,16). The first-order chi connectivity index (χ1) is 7.41. The van der Waals surface area contributed by atoms with Gasteiger partial charge in [-0.15, -0.1) is 0 Å². The average molecular weight is 224 g/mol. The van der Waals surface area contributed by atoms with Crippen LogP contribution in [-0.4, -0.2) is 27.8 Å². The number of carboxylic acid groups (broad SMARTS) is 1. The van der Waals surface area contributed by atoms with Crippen molar-refractivity contribution in [3.8, 4) is 0 Å². The molecule has 0 spiro atoms. The first-order valence-electron chi connectivity index (χ1n) is 4.62. The number of carbonyl (C=O) groups is 2. The van der Waals surface area contributed by atoms with Gasteiger partial charge in [0.15, 0.2) is 0 Å². The van der Waals surface area contributed by atoms with Crippen molar-refractivity contribution < 1.29 is 19.8 Å². The van der Waals surface area contributed by atoms with Gasteiger partial charge in [-0.05, 0) is 18.1 Å². The van der Waals surface area contributed by atoms with E-state index in [1.807, 2.05) is 0 Å². The number of hydrogen-bond acceptors (Lipinski definition) is 4. The van der Waals surface area contributed by atoms with Crippen LogP contribution < -0.4 is 5.73 Å². The van der Waals surface area contributed by atoms with E-state index in [0.29, 0.717) is 6.42 Å². The number of allylic oxidation sites excluding steroid dienone is 2. The third-order valence-corrected chi connectivity index (χ3v) is 2.30. The fraction of sp³-hybridized carbons (Fsp3) is 0.300. The normalized spacial score (nSPS) is 19.6. The molecule has 0 aromatic carbocycles. The Morgan fingerprint density at radius 3 is 2.62 bits per heavy atom. The molecule has 0 heterocycles. The molecule has 0 aliphatic heterocycles. The van der Waals surface area contributed by atoms with Crippen LogP contribution in [-0.2, 0) is 9.59 Å². The second-order valence-corrected chi connectivity index (χ2v) is 3.48. The molecular formula is C10H12N2O4. The lowest BCUT2D eigenvalue weighted by Gasteiger charge is -2.16. The van der Waals surface area contributed by atoms with Crippen LogP contribution in [0.15, 0.2) is 23.5 Å². The molecule has 1 rings (SSSR count). The fourth-order valence-electron chi connectivity index (χ4n) is 1.37. The molecule has 16 heavy (non-hydrogen) atoms. The number of nitrogens with one attached hydrogen (secondary N) is 1. The van der Waals surface area contributed by atoms with E-state index < -0.39 is 11.8 Å². The summed E-state index contributed by atoms with van der Waals surface area (Å²) in [6.45, 7) is 0. The van der Waals surface area contributed by atoms with Gasteiger partial charge in [-0.3, -0.25) is 10.2 Å². The van der Waals surface area contributed by atoms with Gasteiger partial charge in [-0.2, -0.15) is 0 Å². The fourth-order valence-corrected chi connectivity index (χ4v) is 1.37.